The smallest absolute Gasteiger partial charge is 0.408 e. The van der Waals surface area contributed by atoms with Gasteiger partial charge in [0.1, 0.15) is 11.6 Å². The molecule has 0 unspecified atom stereocenters. The number of hydrogen-bond donors (Lipinski definition) is 3. The molecular weight excluding hydrogens is 296 g/mol. The van der Waals surface area contributed by atoms with Crippen LogP contribution in [0.25, 0.3) is 0 Å². The Balaban J connectivity index is 4.53. The van der Waals surface area contributed by atoms with Crippen molar-refractivity contribution in [2.45, 2.75) is 72.4 Å². The molecule has 0 bridgehead atoms. The molecule has 0 aliphatic carbocycles. The topological polar surface area (TPSA) is 87.7 Å². The van der Waals surface area contributed by atoms with Crippen molar-refractivity contribution in [3.05, 3.63) is 0 Å². The molecule has 0 fully saturated rings. The van der Waals surface area contributed by atoms with Crippen molar-refractivity contribution < 1.29 is 19.4 Å². The Bertz CT molecular complexity index is 364. The molecule has 2 amide bonds. The average Bonchev–Trinajstić information content (AvgIpc) is 2.40. The van der Waals surface area contributed by atoms with Crippen LogP contribution in [0.2, 0.25) is 0 Å². The van der Waals surface area contributed by atoms with Crippen LogP contribution in [0.3, 0.4) is 0 Å². The van der Waals surface area contributed by atoms with E-state index in [1.807, 2.05) is 6.92 Å². The van der Waals surface area contributed by atoms with E-state index in [1.165, 1.54) is 0 Å². The number of aliphatic hydroxyl groups is 1. The van der Waals surface area contributed by atoms with Gasteiger partial charge in [0, 0.05) is 13.2 Å². The Morgan fingerprint density at radius 1 is 1.09 bits per heavy atom. The highest BCUT2D eigenvalue weighted by Crippen LogP contribution is 2.10. The van der Waals surface area contributed by atoms with Gasteiger partial charge in [-0.3, -0.25) is 4.79 Å². The minimum absolute atomic E-state index is 0.100. The van der Waals surface area contributed by atoms with Gasteiger partial charge in [0.05, 0.1) is 0 Å². The number of alkyl carbamates (subject to hydrolysis) is 1. The first-order valence-electron chi connectivity index (χ1n) is 8.43. The highest BCUT2D eigenvalue weighted by Gasteiger charge is 2.24. The molecule has 3 N–H and O–H groups in total. The van der Waals surface area contributed by atoms with Crippen molar-refractivity contribution in [3.63, 3.8) is 0 Å². The molecule has 6 nitrogen and oxygen atoms in total. The normalized spacial score (nSPS) is 14.3. The monoisotopic (exact) mass is 330 g/mol. The van der Waals surface area contributed by atoms with Gasteiger partial charge in [-0.1, -0.05) is 20.8 Å². The van der Waals surface area contributed by atoms with Gasteiger partial charge in [0.2, 0.25) is 5.91 Å². The van der Waals surface area contributed by atoms with Crippen LogP contribution >= 0.6 is 0 Å². The van der Waals surface area contributed by atoms with E-state index in [9.17, 15) is 9.59 Å². The second-order valence-electron chi connectivity index (χ2n) is 7.54. The third-order valence-corrected chi connectivity index (χ3v) is 3.29. The molecule has 0 aromatic rings. The predicted octanol–water partition coefficient (Wildman–Crippen LogP) is 2.45. The molecule has 0 spiro atoms. The molecule has 2 atom stereocenters. The number of aliphatic hydroxyl groups excluding tert-OH is 1. The lowest BCUT2D eigenvalue weighted by Crippen LogP contribution is -2.48. The largest absolute Gasteiger partial charge is 0.444 e. The van der Waals surface area contributed by atoms with Crippen LogP contribution in [0.15, 0.2) is 0 Å². The van der Waals surface area contributed by atoms with Crippen molar-refractivity contribution in [3.8, 4) is 0 Å². The zero-order valence-corrected chi connectivity index (χ0v) is 15.4. The summed E-state index contributed by atoms with van der Waals surface area (Å²) in [5, 5.41) is 14.5. The quantitative estimate of drug-likeness (QED) is 0.606. The number of nitrogens with one attached hydrogen (secondary N) is 2. The number of carbonyl (C=O) groups is 2. The SMILES string of the molecule is CC(C)CC[C@H](NC(=O)OC(C)(C)C)C(=O)NCC[C@@H](C)CO. The minimum Gasteiger partial charge on any atom is -0.444 e. The van der Waals surface area contributed by atoms with E-state index in [1.54, 1.807) is 20.8 Å². The van der Waals surface area contributed by atoms with Crippen LogP contribution in [0.5, 0.6) is 0 Å². The molecule has 0 radical (unpaired) electrons. The van der Waals surface area contributed by atoms with Crippen LogP contribution in [0.4, 0.5) is 4.79 Å². The first-order valence-corrected chi connectivity index (χ1v) is 8.43. The fourth-order valence-electron chi connectivity index (χ4n) is 1.87. The average molecular weight is 330 g/mol. The summed E-state index contributed by atoms with van der Waals surface area (Å²) in [7, 11) is 0. The van der Waals surface area contributed by atoms with Crippen molar-refractivity contribution in [2.75, 3.05) is 13.2 Å². The van der Waals surface area contributed by atoms with E-state index in [2.05, 4.69) is 24.5 Å². The number of rotatable bonds is 9. The molecule has 0 aliphatic heterocycles. The third-order valence-electron chi connectivity index (χ3n) is 3.29. The van der Waals surface area contributed by atoms with E-state index in [-0.39, 0.29) is 18.4 Å². The maximum absolute atomic E-state index is 12.3. The predicted molar refractivity (Wildman–Crippen MR) is 91.1 cm³/mol. The van der Waals surface area contributed by atoms with Gasteiger partial charge in [-0.05, 0) is 51.9 Å². The minimum atomic E-state index is -0.600. The van der Waals surface area contributed by atoms with Crippen molar-refractivity contribution >= 4 is 12.0 Å². The van der Waals surface area contributed by atoms with Gasteiger partial charge in [-0.2, -0.15) is 0 Å². The second-order valence-corrected chi connectivity index (χ2v) is 7.54. The number of amides is 2. The summed E-state index contributed by atoms with van der Waals surface area (Å²) in [6.45, 7) is 12.0. The zero-order valence-electron chi connectivity index (χ0n) is 15.4. The third kappa shape index (κ3) is 11.9. The van der Waals surface area contributed by atoms with Crippen LogP contribution < -0.4 is 10.6 Å². The number of ether oxygens (including phenoxy) is 1. The van der Waals surface area contributed by atoms with Crippen LogP contribution in [-0.2, 0) is 9.53 Å². The summed E-state index contributed by atoms with van der Waals surface area (Å²) >= 11 is 0. The van der Waals surface area contributed by atoms with Crippen LogP contribution in [-0.4, -0.2) is 41.9 Å². The Morgan fingerprint density at radius 3 is 2.17 bits per heavy atom. The zero-order chi connectivity index (χ0) is 18.0. The standard InChI is InChI=1S/C17H34N2O4/c1-12(2)7-8-14(19-16(22)23-17(4,5)6)15(21)18-10-9-13(3)11-20/h12-14,20H,7-11H2,1-6H3,(H,18,21)(H,19,22)/t13-,14+/m1/s1. The number of carbonyl (C=O) groups excluding carboxylic acids is 2. The fourth-order valence-corrected chi connectivity index (χ4v) is 1.87. The highest BCUT2D eigenvalue weighted by atomic mass is 16.6. The van der Waals surface area contributed by atoms with Gasteiger partial charge in [-0.15, -0.1) is 0 Å². The van der Waals surface area contributed by atoms with Gasteiger partial charge >= 0.3 is 6.09 Å². The molecule has 23 heavy (non-hydrogen) atoms. The summed E-state index contributed by atoms with van der Waals surface area (Å²) in [6, 6.07) is -0.600. The summed E-state index contributed by atoms with van der Waals surface area (Å²) in [5.41, 5.74) is -0.598. The van der Waals surface area contributed by atoms with Crippen LogP contribution in [0.1, 0.15) is 60.8 Å². The summed E-state index contributed by atoms with van der Waals surface area (Å²) in [6.07, 6.45) is 1.52. The Labute approximate surface area is 140 Å². The molecule has 0 saturated heterocycles. The first-order chi connectivity index (χ1) is 10.5. The molecule has 136 valence electrons. The molecule has 0 aromatic heterocycles. The van der Waals surface area contributed by atoms with Crippen molar-refractivity contribution in [1.82, 2.24) is 10.6 Å². The lowest BCUT2D eigenvalue weighted by atomic mass is 10.0. The van der Waals surface area contributed by atoms with Gasteiger partial charge in [-0.25, -0.2) is 4.79 Å². The van der Waals surface area contributed by atoms with Gasteiger partial charge < -0.3 is 20.5 Å². The van der Waals surface area contributed by atoms with E-state index in [0.29, 0.717) is 25.3 Å². The summed E-state index contributed by atoms with van der Waals surface area (Å²) in [4.78, 5) is 24.2. The maximum atomic E-state index is 12.3. The molecule has 0 rings (SSSR count). The first kappa shape index (κ1) is 21.7. The Hall–Kier alpha value is -1.30. The summed E-state index contributed by atoms with van der Waals surface area (Å²) < 4.78 is 5.22. The maximum Gasteiger partial charge on any atom is 0.408 e. The fraction of sp³-hybridized carbons (Fsp3) is 0.882. The van der Waals surface area contributed by atoms with Gasteiger partial charge in [0.15, 0.2) is 0 Å². The lowest BCUT2D eigenvalue weighted by molar-refractivity contribution is -0.123. The van der Waals surface area contributed by atoms with E-state index in [4.69, 9.17) is 9.84 Å². The van der Waals surface area contributed by atoms with Crippen LogP contribution in [0, 0.1) is 11.8 Å². The molecule has 0 saturated carbocycles. The van der Waals surface area contributed by atoms with Crippen molar-refractivity contribution in [1.29, 1.82) is 0 Å². The Kier molecular flexibility index (Phi) is 9.88. The van der Waals surface area contributed by atoms with E-state index >= 15 is 0 Å². The molecule has 0 heterocycles. The molecular formula is C17H34N2O4. The molecule has 0 aromatic carbocycles. The summed E-state index contributed by atoms with van der Waals surface area (Å²) in [5.74, 6) is 0.380. The van der Waals surface area contributed by atoms with Gasteiger partial charge in [0.25, 0.3) is 0 Å². The lowest BCUT2D eigenvalue weighted by Gasteiger charge is -2.24. The van der Waals surface area contributed by atoms with Crippen molar-refractivity contribution in [2.24, 2.45) is 11.8 Å². The van der Waals surface area contributed by atoms with E-state index < -0.39 is 17.7 Å². The number of hydrogen-bond acceptors (Lipinski definition) is 4. The van der Waals surface area contributed by atoms with E-state index in [0.717, 1.165) is 6.42 Å². The highest BCUT2D eigenvalue weighted by molar-refractivity contribution is 5.85. The second kappa shape index (κ2) is 10.5. The molecule has 6 heteroatoms. The molecule has 0 aliphatic rings. The Morgan fingerprint density at radius 2 is 1.70 bits per heavy atom.